The van der Waals surface area contributed by atoms with Crippen molar-refractivity contribution in [3.63, 3.8) is 0 Å². The average molecular weight is 412 g/mol. The normalized spacial score (nSPS) is 16.5. The minimum atomic E-state index is -0.832. The first-order valence-corrected chi connectivity index (χ1v) is 9.79. The van der Waals surface area contributed by atoms with E-state index in [0.29, 0.717) is 41.7 Å². The predicted molar refractivity (Wildman–Crippen MR) is 109 cm³/mol. The van der Waals surface area contributed by atoms with Crippen LogP contribution in [0.5, 0.6) is 5.88 Å². The van der Waals surface area contributed by atoms with Crippen LogP contribution in [0.4, 0.5) is 11.4 Å². The fraction of sp³-hybridized carbons (Fsp3) is 0.429. The summed E-state index contributed by atoms with van der Waals surface area (Å²) in [6, 6.07) is 5.20. The zero-order chi connectivity index (χ0) is 21.6. The number of nitrogens with one attached hydrogen (secondary N) is 1. The van der Waals surface area contributed by atoms with Crippen LogP contribution in [0.15, 0.2) is 18.2 Å². The zero-order valence-corrected chi connectivity index (χ0v) is 17.4. The summed E-state index contributed by atoms with van der Waals surface area (Å²) in [5.41, 5.74) is 2.10. The van der Waals surface area contributed by atoms with Gasteiger partial charge in [0.25, 0.3) is 5.91 Å². The molecule has 0 spiro atoms. The van der Waals surface area contributed by atoms with E-state index >= 15 is 0 Å². The number of carbonyl (C=O) groups excluding carboxylic acids is 3. The van der Waals surface area contributed by atoms with Gasteiger partial charge in [0.15, 0.2) is 5.69 Å². The Morgan fingerprint density at radius 3 is 2.80 bits per heavy atom. The largest absolute Gasteiger partial charge is 0.478 e. The molecule has 0 saturated heterocycles. The number of esters is 1. The Bertz CT molecular complexity index is 1060. The first-order chi connectivity index (χ1) is 14.2. The molecule has 0 aliphatic carbocycles. The predicted octanol–water partition coefficient (Wildman–Crippen LogP) is 2.02. The Balaban J connectivity index is 1.61. The first kappa shape index (κ1) is 19.9. The molecular formula is C21H24N4O5. The van der Waals surface area contributed by atoms with Crippen LogP contribution in [-0.2, 0) is 26.3 Å². The second-order valence-electron chi connectivity index (χ2n) is 7.98. The van der Waals surface area contributed by atoms with Gasteiger partial charge in [0, 0.05) is 29.9 Å². The lowest BCUT2D eigenvalue weighted by Gasteiger charge is -2.19. The van der Waals surface area contributed by atoms with Gasteiger partial charge in [0.1, 0.15) is 6.54 Å². The average Bonchev–Trinajstić information content (AvgIpc) is 3.16. The molecule has 3 heterocycles. The number of anilines is 2. The highest BCUT2D eigenvalue weighted by molar-refractivity contribution is 6.11. The second kappa shape index (κ2) is 7.16. The molecule has 0 fully saturated rings. The molecule has 4 rings (SSSR count). The number of rotatable bonds is 4. The maximum atomic E-state index is 12.9. The molecule has 1 aromatic heterocycles. The molecule has 1 aromatic carbocycles. The molecule has 2 aromatic rings. The van der Waals surface area contributed by atoms with Crippen molar-refractivity contribution in [1.29, 1.82) is 0 Å². The minimum Gasteiger partial charge on any atom is -0.478 e. The van der Waals surface area contributed by atoms with E-state index in [1.807, 2.05) is 6.92 Å². The zero-order valence-electron chi connectivity index (χ0n) is 17.4. The van der Waals surface area contributed by atoms with Gasteiger partial charge >= 0.3 is 5.97 Å². The maximum Gasteiger partial charge on any atom is 0.325 e. The number of nitrogens with zero attached hydrogens (tertiary/aromatic N) is 3. The Labute approximate surface area is 173 Å². The van der Waals surface area contributed by atoms with Gasteiger partial charge < -0.3 is 19.7 Å². The van der Waals surface area contributed by atoms with E-state index in [-0.39, 0.29) is 18.4 Å². The second-order valence-corrected chi connectivity index (χ2v) is 7.98. The number of benzene rings is 1. The molecule has 30 heavy (non-hydrogen) atoms. The summed E-state index contributed by atoms with van der Waals surface area (Å²) >= 11 is 0. The molecular weight excluding hydrogens is 388 g/mol. The van der Waals surface area contributed by atoms with Gasteiger partial charge in [0.05, 0.1) is 19.1 Å². The Morgan fingerprint density at radius 1 is 1.33 bits per heavy atom. The summed E-state index contributed by atoms with van der Waals surface area (Å²) in [6.07, 6.45) is 0.852. The summed E-state index contributed by atoms with van der Waals surface area (Å²) in [6.45, 7) is 6.58. The Morgan fingerprint density at radius 2 is 2.10 bits per heavy atom. The van der Waals surface area contributed by atoms with Crippen molar-refractivity contribution in [2.75, 3.05) is 30.5 Å². The van der Waals surface area contributed by atoms with E-state index in [0.717, 1.165) is 12.0 Å². The van der Waals surface area contributed by atoms with Gasteiger partial charge in [-0.3, -0.25) is 14.4 Å². The number of aromatic nitrogens is 2. The Hall–Kier alpha value is -3.36. The molecule has 0 bridgehead atoms. The van der Waals surface area contributed by atoms with Gasteiger partial charge in [-0.1, -0.05) is 0 Å². The molecule has 2 aliphatic rings. The van der Waals surface area contributed by atoms with Crippen LogP contribution in [0.25, 0.3) is 0 Å². The fourth-order valence-electron chi connectivity index (χ4n) is 3.92. The lowest BCUT2D eigenvalue weighted by molar-refractivity contribution is -0.140. The molecule has 0 atom stereocenters. The van der Waals surface area contributed by atoms with E-state index in [1.165, 1.54) is 12.0 Å². The van der Waals surface area contributed by atoms with Crippen molar-refractivity contribution in [2.45, 2.75) is 39.2 Å². The number of methoxy groups -OCH3 is 1. The summed E-state index contributed by atoms with van der Waals surface area (Å²) in [5, 5.41) is 7.25. The molecule has 2 aliphatic heterocycles. The van der Waals surface area contributed by atoms with E-state index < -0.39 is 11.4 Å². The summed E-state index contributed by atoms with van der Waals surface area (Å²) in [7, 11) is 1.29. The van der Waals surface area contributed by atoms with Gasteiger partial charge in [0.2, 0.25) is 11.8 Å². The highest BCUT2D eigenvalue weighted by Crippen LogP contribution is 2.42. The Kier molecular flexibility index (Phi) is 4.76. The van der Waals surface area contributed by atoms with Crippen LogP contribution in [-0.4, -0.2) is 47.8 Å². The molecule has 0 saturated carbocycles. The topological polar surface area (TPSA) is 103 Å². The van der Waals surface area contributed by atoms with Crippen LogP contribution in [0, 0.1) is 6.92 Å². The first-order valence-electron chi connectivity index (χ1n) is 9.79. The van der Waals surface area contributed by atoms with E-state index in [9.17, 15) is 14.4 Å². The number of carbonyl (C=O) groups is 3. The van der Waals surface area contributed by atoms with Gasteiger partial charge in [-0.2, -0.15) is 5.10 Å². The van der Waals surface area contributed by atoms with Crippen LogP contribution in [0.1, 0.15) is 41.9 Å². The van der Waals surface area contributed by atoms with Crippen LogP contribution in [0.3, 0.4) is 0 Å². The molecule has 0 radical (unpaired) electrons. The number of hydrogen-bond acceptors (Lipinski definition) is 6. The molecule has 2 amide bonds. The molecule has 9 nitrogen and oxygen atoms in total. The highest BCUT2D eigenvalue weighted by atomic mass is 16.5. The summed E-state index contributed by atoms with van der Waals surface area (Å²) in [5.74, 6) is -0.399. The number of fused-ring (bicyclic) bond motifs is 2. The standard InChI is InChI=1S/C21H24N4O5/c1-12-17(23-25-8-5-9-30-19(12)25)18(27)22-13-6-7-15-14(10-13)21(2,3)20(28)24(15)11-16(26)29-4/h6-7,10H,5,8-9,11H2,1-4H3,(H,22,27). The lowest BCUT2D eigenvalue weighted by Crippen LogP contribution is -2.39. The van der Waals surface area contributed by atoms with Gasteiger partial charge in [-0.15, -0.1) is 0 Å². The van der Waals surface area contributed by atoms with Gasteiger partial charge in [-0.05, 0) is 44.5 Å². The molecule has 9 heteroatoms. The monoisotopic (exact) mass is 412 g/mol. The van der Waals surface area contributed by atoms with Crippen molar-refractivity contribution >= 4 is 29.2 Å². The number of hydrogen-bond donors (Lipinski definition) is 1. The maximum absolute atomic E-state index is 12.9. The van der Waals surface area contributed by atoms with E-state index in [1.54, 1.807) is 36.7 Å². The minimum absolute atomic E-state index is 0.156. The van der Waals surface area contributed by atoms with Crippen molar-refractivity contribution in [3.8, 4) is 5.88 Å². The van der Waals surface area contributed by atoms with E-state index in [4.69, 9.17) is 9.47 Å². The van der Waals surface area contributed by atoms with Crippen LogP contribution >= 0.6 is 0 Å². The third kappa shape index (κ3) is 3.10. The third-order valence-corrected chi connectivity index (χ3v) is 5.61. The quantitative estimate of drug-likeness (QED) is 0.771. The van der Waals surface area contributed by atoms with Crippen molar-refractivity contribution in [2.24, 2.45) is 0 Å². The number of ether oxygens (including phenoxy) is 2. The lowest BCUT2D eigenvalue weighted by atomic mass is 9.86. The summed E-state index contributed by atoms with van der Waals surface area (Å²) < 4.78 is 12.0. The molecule has 0 unspecified atom stereocenters. The van der Waals surface area contributed by atoms with Crippen LogP contribution < -0.4 is 15.0 Å². The van der Waals surface area contributed by atoms with Crippen LogP contribution in [0.2, 0.25) is 0 Å². The number of amides is 2. The van der Waals surface area contributed by atoms with Gasteiger partial charge in [-0.25, -0.2) is 4.68 Å². The van der Waals surface area contributed by atoms with Crippen molar-refractivity contribution in [1.82, 2.24) is 9.78 Å². The van der Waals surface area contributed by atoms with Crippen molar-refractivity contribution < 1.29 is 23.9 Å². The molecule has 158 valence electrons. The highest BCUT2D eigenvalue weighted by Gasteiger charge is 2.44. The fourth-order valence-corrected chi connectivity index (χ4v) is 3.92. The number of aryl methyl sites for hydroxylation is 1. The summed E-state index contributed by atoms with van der Waals surface area (Å²) in [4.78, 5) is 38.8. The van der Waals surface area contributed by atoms with Crippen molar-refractivity contribution in [3.05, 3.63) is 35.0 Å². The molecule has 1 N–H and O–H groups in total. The third-order valence-electron chi connectivity index (χ3n) is 5.61. The smallest absolute Gasteiger partial charge is 0.325 e. The SMILES string of the molecule is COC(=O)CN1C(=O)C(C)(C)c2cc(NC(=O)c3nn4c(c3C)OCCC4)ccc21. The van der Waals surface area contributed by atoms with E-state index in [2.05, 4.69) is 10.4 Å².